The van der Waals surface area contributed by atoms with E-state index in [1.165, 1.54) is 158 Å². The molecule has 0 fully saturated rings. The number of nitrogens with zero attached hydrogens (tertiary/aromatic N) is 2. The number of hydrogen-bond donors (Lipinski definition) is 0. The number of imidazole rings is 1. The lowest BCUT2D eigenvalue weighted by atomic mass is 9.66. The van der Waals surface area contributed by atoms with Crippen molar-refractivity contribution in [2.45, 2.75) is 186 Å². The Morgan fingerprint density at radius 1 is 0.565 bits per heavy atom. The van der Waals surface area contributed by atoms with Crippen LogP contribution in [0.3, 0.4) is 0 Å². The Morgan fingerprint density at radius 2 is 1.02 bits per heavy atom. The predicted molar refractivity (Wildman–Crippen MR) is 202 cm³/mol. The maximum Gasteiger partial charge on any atom is 0.112 e. The third kappa shape index (κ3) is 14.2. The Hall–Kier alpha value is -2.35. The van der Waals surface area contributed by atoms with E-state index < -0.39 is 0 Å². The van der Waals surface area contributed by atoms with Crippen LogP contribution in [-0.2, 0) is 18.4 Å². The molecule has 0 bridgehead atoms. The van der Waals surface area contributed by atoms with Gasteiger partial charge in [0.25, 0.3) is 0 Å². The highest BCUT2D eigenvalue weighted by atomic mass is 15.1. The second-order valence-electron chi connectivity index (χ2n) is 14.5. The molecule has 0 aliphatic rings. The van der Waals surface area contributed by atoms with Crippen molar-refractivity contribution in [3.05, 3.63) is 90.0 Å². The predicted octanol–water partition coefficient (Wildman–Crippen LogP) is 13.8. The molecule has 0 saturated carbocycles. The minimum Gasteiger partial charge on any atom is -0.335 e. The van der Waals surface area contributed by atoms with Crippen molar-refractivity contribution < 1.29 is 0 Å². The average Bonchev–Trinajstić information content (AvgIpc) is 3.54. The first kappa shape index (κ1) is 38.1. The van der Waals surface area contributed by atoms with Crippen LogP contribution in [-0.4, -0.2) is 9.55 Å². The van der Waals surface area contributed by atoms with Gasteiger partial charge < -0.3 is 4.57 Å². The minimum atomic E-state index is -0.0227. The van der Waals surface area contributed by atoms with Gasteiger partial charge in [-0.15, -0.1) is 0 Å². The number of hydrogen-bond acceptors (Lipinski definition) is 1. The van der Waals surface area contributed by atoms with Gasteiger partial charge in [0.05, 0.1) is 0 Å². The van der Waals surface area contributed by atoms with E-state index in [9.17, 15) is 0 Å². The molecule has 0 spiro atoms. The monoisotopic (exact) mass is 627 g/mol. The van der Waals surface area contributed by atoms with Crippen LogP contribution < -0.4 is 0 Å². The molecule has 0 amide bonds. The molecule has 2 heteroatoms. The maximum atomic E-state index is 5.12. The smallest absolute Gasteiger partial charge is 0.112 e. The number of rotatable bonds is 28. The summed E-state index contributed by atoms with van der Waals surface area (Å²) in [7, 11) is 0. The van der Waals surface area contributed by atoms with Gasteiger partial charge in [-0.05, 0) is 30.4 Å². The molecular weight excluding hydrogens is 556 g/mol. The molecule has 0 N–H and O–H groups in total. The van der Waals surface area contributed by atoms with E-state index in [0.717, 1.165) is 13.0 Å². The molecule has 46 heavy (non-hydrogen) atoms. The fourth-order valence-electron chi connectivity index (χ4n) is 7.60. The molecule has 1 aromatic heterocycles. The molecule has 256 valence electrons. The molecule has 0 aliphatic carbocycles. The first-order valence-electron chi connectivity index (χ1n) is 19.8. The van der Waals surface area contributed by atoms with E-state index in [-0.39, 0.29) is 5.41 Å². The van der Waals surface area contributed by atoms with E-state index in [1.54, 1.807) is 0 Å². The largest absolute Gasteiger partial charge is 0.335 e. The average molecular weight is 627 g/mol. The summed E-state index contributed by atoms with van der Waals surface area (Å²) >= 11 is 0. The van der Waals surface area contributed by atoms with Crippen molar-refractivity contribution in [2.75, 3.05) is 0 Å². The fourth-order valence-corrected chi connectivity index (χ4v) is 7.60. The normalized spacial score (nSPS) is 13.5. The molecule has 1 heterocycles. The first-order chi connectivity index (χ1) is 22.7. The second-order valence-corrected chi connectivity index (χ2v) is 14.5. The highest BCUT2D eigenvalue weighted by Crippen LogP contribution is 2.44. The van der Waals surface area contributed by atoms with Crippen molar-refractivity contribution >= 4 is 0 Å². The molecule has 3 aromatic rings. The topological polar surface area (TPSA) is 17.8 Å². The SMILES string of the molecule is CCCCCCCCCCCCCCCCCCn1ccnc1C(CCCCCCC)C(C)(Cc1ccccc1)c1ccccc1. The fraction of sp³-hybridized carbons (Fsp3) is 0.659. The number of aromatic nitrogens is 2. The molecule has 2 unspecified atom stereocenters. The lowest BCUT2D eigenvalue weighted by Crippen LogP contribution is -2.35. The van der Waals surface area contributed by atoms with Gasteiger partial charge in [-0.1, -0.05) is 210 Å². The Bertz CT molecular complexity index is 1100. The zero-order chi connectivity index (χ0) is 32.5. The van der Waals surface area contributed by atoms with Crippen molar-refractivity contribution in [2.24, 2.45) is 0 Å². The molecule has 2 atom stereocenters. The Kier molecular flexibility index (Phi) is 19.8. The third-order valence-corrected chi connectivity index (χ3v) is 10.5. The molecule has 0 radical (unpaired) electrons. The van der Waals surface area contributed by atoms with E-state index in [2.05, 4.69) is 98.4 Å². The summed E-state index contributed by atoms with van der Waals surface area (Å²) in [5.74, 6) is 1.69. The Labute approximate surface area is 285 Å². The van der Waals surface area contributed by atoms with Crippen LogP contribution >= 0.6 is 0 Å². The van der Waals surface area contributed by atoms with E-state index >= 15 is 0 Å². The Morgan fingerprint density at radius 3 is 1.54 bits per heavy atom. The highest BCUT2D eigenvalue weighted by molar-refractivity contribution is 5.33. The van der Waals surface area contributed by atoms with Gasteiger partial charge in [-0.25, -0.2) is 4.98 Å². The molecular formula is C44H70N2. The molecule has 0 saturated heterocycles. The molecule has 3 rings (SSSR count). The van der Waals surface area contributed by atoms with Crippen LogP contribution in [0, 0.1) is 0 Å². The minimum absolute atomic E-state index is 0.0227. The summed E-state index contributed by atoms with van der Waals surface area (Å²) < 4.78 is 2.52. The Balaban J connectivity index is 1.50. The molecule has 2 nitrogen and oxygen atoms in total. The van der Waals surface area contributed by atoms with Crippen LogP contribution in [0.25, 0.3) is 0 Å². The number of benzene rings is 2. The van der Waals surface area contributed by atoms with Gasteiger partial charge in [0, 0.05) is 30.3 Å². The maximum absolute atomic E-state index is 5.12. The van der Waals surface area contributed by atoms with Gasteiger partial charge in [0.1, 0.15) is 5.82 Å². The summed E-state index contributed by atoms with van der Waals surface area (Å²) in [4.78, 5) is 5.12. The molecule has 0 aliphatic heterocycles. The van der Waals surface area contributed by atoms with Crippen molar-refractivity contribution in [3.63, 3.8) is 0 Å². The highest BCUT2D eigenvalue weighted by Gasteiger charge is 2.39. The lowest BCUT2D eigenvalue weighted by molar-refractivity contribution is 0.321. The third-order valence-electron chi connectivity index (χ3n) is 10.5. The van der Waals surface area contributed by atoms with Crippen molar-refractivity contribution in [3.8, 4) is 0 Å². The summed E-state index contributed by atoms with van der Waals surface area (Å²) in [5, 5.41) is 0. The second kappa shape index (κ2) is 23.9. The van der Waals surface area contributed by atoms with Gasteiger partial charge in [-0.2, -0.15) is 0 Å². The van der Waals surface area contributed by atoms with Gasteiger partial charge in [0.15, 0.2) is 0 Å². The number of unbranched alkanes of at least 4 members (excludes halogenated alkanes) is 19. The standard InChI is InChI=1S/C44H70N2/c1-4-6-8-10-11-12-13-14-15-16-17-18-19-20-22-30-37-46-38-36-45-43(46)42(35-29-21-9-7-5-2)44(3,41-33-27-24-28-34-41)39-40-31-25-23-26-32-40/h23-28,31-34,36,38,42H,4-22,29-30,35,37,39H2,1-3H3. The summed E-state index contributed by atoms with van der Waals surface area (Å²) in [5.41, 5.74) is 2.83. The van der Waals surface area contributed by atoms with Crippen LogP contribution in [0.2, 0.25) is 0 Å². The number of aryl methyl sites for hydroxylation is 1. The van der Waals surface area contributed by atoms with Crippen molar-refractivity contribution in [1.82, 2.24) is 9.55 Å². The van der Waals surface area contributed by atoms with E-state index in [4.69, 9.17) is 4.98 Å². The van der Waals surface area contributed by atoms with E-state index in [0.29, 0.717) is 5.92 Å². The first-order valence-corrected chi connectivity index (χ1v) is 19.8. The van der Waals surface area contributed by atoms with Crippen LogP contribution in [0.15, 0.2) is 73.1 Å². The van der Waals surface area contributed by atoms with Gasteiger partial charge >= 0.3 is 0 Å². The zero-order valence-electron chi connectivity index (χ0n) is 30.4. The van der Waals surface area contributed by atoms with Crippen molar-refractivity contribution in [1.29, 1.82) is 0 Å². The molecule has 2 aromatic carbocycles. The van der Waals surface area contributed by atoms with E-state index in [1.807, 2.05) is 0 Å². The van der Waals surface area contributed by atoms with Gasteiger partial charge in [0.2, 0.25) is 0 Å². The quantitative estimate of drug-likeness (QED) is 0.0733. The van der Waals surface area contributed by atoms with Crippen LogP contribution in [0.1, 0.15) is 185 Å². The zero-order valence-corrected chi connectivity index (χ0v) is 30.4. The van der Waals surface area contributed by atoms with Gasteiger partial charge in [-0.3, -0.25) is 0 Å². The lowest BCUT2D eigenvalue weighted by Gasteiger charge is -2.39. The summed E-state index contributed by atoms with van der Waals surface area (Å²) in [6.45, 7) is 8.22. The van der Waals surface area contributed by atoms with Crippen LogP contribution in [0.5, 0.6) is 0 Å². The van der Waals surface area contributed by atoms with Crippen LogP contribution in [0.4, 0.5) is 0 Å². The summed E-state index contributed by atoms with van der Waals surface area (Å²) in [6.07, 6.45) is 35.7. The summed E-state index contributed by atoms with van der Waals surface area (Å²) in [6, 6.07) is 22.5.